The molecule has 0 aliphatic carbocycles. The molecule has 1 amide bonds. The number of piperazine rings is 1. The number of hydrogen-bond acceptors (Lipinski definition) is 8. The topological polar surface area (TPSA) is 107 Å². The lowest BCUT2D eigenvalue weighted by Gasteiger charge is -2.38. The Morgan fingerprint density at radius 3 is 2.49 bits per heavy atom. The molecule has 2 saturated heterocycles. The standard InChI is InChI=1S/C30H41N7O4/c1-33(2)17-18-41-27-6-4-3-5-24(27)20-37-22-31-25-7-8-26(32-29(25)37)30(40)36-15-13-35(14-16-36)19-23-9-11-34(12-10-23)21-28(38)39/h3-8,22-23H,9-21H2,1-2H3,(H,38,39). The Bertz CT molecular complexity index is 1330. The van der Waals surface area contributed by atoms with Gasteiger partial charge in [0.2, 0.25) is 0 Å². The molecule has 2 aromatic heterocycles. The fourth-order valence-corrected chi connectivity index (χ4v) is 5.65. The smallest absolute Gasteiger partial charge is 0.317 e. The van der Waals surface area contributed by atoms with Gasteiger partial charge in [-0.1, -0.05) is 18.2 Å². The number of carbonyl (C=O) groups excluding carboxylic acids is 1. The van der Waals surface area contributed by atoms with Crippen molar-refractivity contribution in [3.8, 4) is 5.75 Å². The van der Waals surface area contributed by atoms with E-state index in [1.54, 1.807) is 12.4 Å². The molecule has 0 spiro atoms. The number of likely N-dealkylation sites (tertiary alicyclic amines) is 1. The summed E-state index contributed by atoms with van der Waals surface area (Å²) in [5.74, 6) is 0.615. The Hall–Kier alpha value is -3.54. The molecule has 220 valence electrons. The first-order chi connectivity index (χ1) is 19.9. The zero-order valence-corrected chi connectivity index (χ0v) is 24.1. The Balaban J connectivity index is 1.17. The minimum Gasteiger partial charge on any atom is -0.492 e. The number of pyridine rings is 1. The second-order valence-electron chi connectivity index (χ2n) is 11.4. The number of aromatic nitrogens is 3. The van der Waals surface area contributed by atoms with Crippen molar-refractivity contribution in [1.82, 2.24) is 34.1 Å². The third-order valence-electron chi connectivity index (χ3n) is 8.03. The maximum absolute atomic E-state index is 13.4. The summed E-state index contributed by atoms with van der Waals surface area (Å²) in [7, 11) is 4.05. The quantitative estimate of drug-likeness (QED) is 0.375. The second kappa shape index (κ2) is 13.4. The molecule has 4 heterocycles. The third kappa shape index (κ3) is 7.60. The number of fused-ring (bicyclic) bond motifs is 1. The van der Waals surface area contributed by atoms with Crippen LogP contribution in [0.2, 0.25) is 0 Å². The summed E-state index contributed by atoms with van der Waals surface area (Å²) < 4.78 is 8.01. The van der Waals surface area contributed by atoms with Crippen LogP contribution in [0.25, 0.3) is 11.2 Å². The Morgan fingerprint density at radius 1 is 1.00 bits per heavy atom. The van der Waals surface area contributed by atoms with Gasteiger partial charge in [0.25, 0.3) is 5.91 Å². The number of benzene rings is 1. The van der Waals surface area contributed by atoms with Gasteiger partial charge in [-0.05, 0) is 64.1 Å². The Morgan fingerprint density at radius 2 is 1.76 bits per heavy atom. The van der Waals surface area contributed by atoms with Crippen molar-refractivity contribution in [2.45, 2.75) is 19.4 Å². The van der Waals surface area contributed by atoms with Crippen LogP contribution in [0.5, 0.6) is 5.75 Å². The van der Waals surface area contributed by atoms with Gasteiger partial charge in [0.15, 0.2) is 5.65 Å². The second-order valence-corrected chi connectivity index (χ2v) is 11.4. The predicted octanol–water partition coefficient (Wildman–Crippen LogP) is 1.97. The maximum Gasteiger partial charge on any atom is 0.317 e. The molecular formula is C30H41N7O4. The molecule has 2 aliphatic rings. The maximum atomic E-state index is 13.4. The number of piperidine rings is 1. The number of imidazole rings is 1. The van der Waals surface area contributed by atoms with E-state index in [2.05, 4.69) is 14.8 Å². The van der Waals surface area contributed by atoms with Crippen molar-refractivity contribution in [3.05, 3.63) is 54.0 Å². The number of ether oxygens (including phenoxy) is 1. The number of hydrogen-bond donors (Lipinski definition) is 1. The SMILES string of the molecule is CN(C)CCOc1ccccc1Cn1cnc2ccc(C(=O)N3CCN(CC4CCN(CC(=O)O)CC4)CC3)nc21. The number of amides is 1. The zero-order chi connectivity index (χ0) is 28.8. The van der Waals surface area contributed by atoms with Gasteiger partial charge in [-0.2, -0.15) is 0 Å². The van der Waals surface area contributed by atoms with Crippen LogP contribution in [0.1, 0.15) is 28.9 Å². The van der Waals surface area contributed by atoms with Gasteiger partial charge in [0.1, 0.15) is 23.6 Å². The number of rotatable bonds is 11. The van der Waals surface area contributed by atoms with E-state index in [1.165, 1.54) is 0 Å². The molecule has 2 aliphatic heterocycles. The van der Waals surface area contributed by atoms with Crippen molar-refractivity contribution in [3.63, 3.8) is 0 Å². The van der Waals surface area contributed by atoms with E-state index in [0.29, 0.717) is 43.5 Å². The van der Waals surface area contributed by atoms with Crippen LogP contribution >= 0.6 is 0 Å². The van der Waals surface area contributed by atoms with E-state index in [4.69, 9.17) is 14.8 Å². The molecule has 11 heteroatoms. The van der Waals surface area contributed by atoms with E-state index < -0.39 is 5.97 Å². The highest BCUT2D eigenvalue weighted by atomic mass is 16.5. The Labute approximate surface area is 241 Å². The van der Waals surface area contributed by atoms with Crippen LogP contribution in [0, 0.1) is 5.92 Å². The molecule has 11 nitrogen and oxygen atoms in total. The highest BCUT2D eigenvalue weighted by Gasteiger charge is 2.27. The summed E-state index contributed by atoms with van der Waals surface area (Å²) in [6.07, 6.45) is 3.82. The molecule has 0 bridgehead atoms. The molecule has 5 rings (SSSR count). The molecule has 1 N–H and O–H groups in total. The first-order valence-corrected chi connectivity index (χ1v) is 14.5. The van der Waals surface area contributed by atoms with Crippen molar-refractivity contribution in [2.24, 2.45) is 5.92 Å². The minimum atomic E-state index is -0.756. The number of carboxylic acids is 1. The van der Waals surface area contributed by atoms with Crippen molar-refractivity contribution >= 4 is 23.0 Å². The minimum absolute atomic E-state index is 0.0475. The van der Waals surface area contributed by atoms with Gasteiger partial charge >= 0.3 is 5.97 Å². The van der Waals surface area contributed by atoms with E-state index in [0.717, 1.165) is 68.9 Å². The van der Waals surface area contributed by atoms with Crippen LogP contribution in [-0.2, 0) is 11.3 Å². The van der Waals surface area contributed by atoms with Gasteiger partial charge in [0, 0.05) is 44.8 Å². The van der Waals surface area contributed by atoms with Crippen LogP contribution in [0.4, 0.5) is 0 Å². The molecule has 0 atom stereocenters. The van der Waals surface area contributed by atoms with Crippen molar-refractivity contribution in [2.75, 3.05) is 79.6 Å². The first-order valence-electron chi connectivity index (χ1n) is 14.5. The molecule has 0 radical (unpaired) electrons. The van der Waals surface area contributed by atoms with Gasteiger partial charge < -0.3 is 24.2 Å². The highest BCUT2D eigenvalue weighted by Crippen LogP contribution is 2.22. The van der Waals surface area contributed by atoms with Crippen LogP contribution in [0.15, 0.2) is 42.7 Å². The van der Waals surface area contributed by atoms with Crippen LogP contribution in [-0.4, -0.2) is 131 Å². The third-order valence-corrected chi connectivity index (χ3v) is 8.03. The molecule has 1 aromatic carbocycles. The van der Waals surface area contributed by atoms with Gasteiger partial charge in [-0.25, -0.2) is 9.97 Å². The average molecular weight is 564 g/mol. The number of carboxylic acid groups (broad SMARTS) is 1. The molecule has 41 heavy (non-hydrogen) atoms. The van der Waals surface area contributed by atoms with E-state index >= 15 is 0 Å². The first kappa shape index (κ1) is 29.0. The molecular weight excluding hydrogens is 522 g/mol. The summed E-state index contributed by atoms with van der Waals surface area (Å²) in [5, 5.41) is 9.01. The lowest BCUT2D eigenvalue weighted by molar-refractivity contribution is -0.138. The number of para-hydroxylation sites is 1. The van der Waals surface area contributed by atoms with E-state index in [1.807, 2.05) is 58.8 Å². The summed E-state index contributed by atoms with van der Waals surface area (Å²) >= 11 is 0. The molecule has 0 unspecified atom stereocenters. The van der Waals surface area contributed by atoms with E-state index in [-0.39, 0.29) is 12.5 Å². The normalized spacial score (nSPS) is 17.4. The monoisotopic (exact) mass is 563 g/mol. The van der Waals surface area contributed by atoms with Gasteiger partial charge in [0.05, 0.1) is 19.4 Å². The summed E-state index contributed by atoms with van der Waals surface area (Å²) in [4.78, 5) is 42.1. The van der Waals surface area contributed by atoms with Crippen molar-refractivity contribution in [1.29, 1.82) is 0 Å². The van der Waals surface area contributed by atoms with Gasteiger partial charge in [-0.3, -0.25) is 19.4 Å². The summed E-state index contributed by atoms with van der Waals surface area (Å²) in [6.45, 7) is 7.83. The fourth-order valence-electron chi connectivity index (χ4n) is 5.65. The molecule has 3 aromatic rings. The number of nitrogens with zero attached hydrogens (tertiary/aromatic N) is 7. The van der Waals surface area contributed by atoms with Crippen LogP contribution < -0.4 is 4.74 Å². The molecule has 2 fully saturated rings. The largest absolute Gasteiger partial charge is 0.492 e. The lowest BCUT2D eigenvalue weighted by atomic mass is 9.96. The average Bonchev–Trinajstić information content (AvgIpc) is 3.36. The number of carbonyl (C=O) groups is 2. The number of aliphatic carboxylic acids is 1. The molecule has 0 saturated carbocycles. The zero-order valence-electron chi connectivity index (χ0n) is 24.1. The predicted molar refractivity (Wildman–Crippen MR) is 156 cm³/mol. The summed E-state index contributed by atoms with van der Waals surface area (Å²) in [5.41, 5.74) is 2.92. The van der Waals surface area contributed by atoms with Crippen molar-refractivity contribution < 1.29 is 19.4 Å². The number of likely N-dealkylation sites (N-methyl/N-ethyl adjacent to an activating group) is 1. The van der Waals surface area contributed by atoms with Crippen LogP contribution in [0.3, 0.4) is 0 Å². The highest BCUT2D eigenvalue weighted by molar-refractivity contribution is 5.94. The van der Waals surface area contributed by atoms with Gasteiger partial charge in [-0.15, -0.1) is 0 Å². The summed E-state index contributed by atoms with van der Waals surface area (Å²) in [6, 6.07) is 11.6. The Kier molecular flexibility index (Phi) is 9.48. The fraction of sp³-hybridized carbons (Fsp3) is 0.533. The van der Waals surface area contributed by atoms with E-state index in [9.17, 15) is 9.59 Å². The lowest BCUT2D eigenvalue weighted by Crippen LogP contribution is -2.50.